The largest absolute Gasteiger partial charge is 0.507 e. The number of esters is 1. The Kier molecular flexibility index (Phi) is 5.18. The molecule has 7 nitrogen and oxygen atoms in total. The summed E-state index contributed by atoms with van der Waals surface area (Å²) in [5.74, 6) is 0.355. The minimum Gasteiger partial charge on any atom is -0.507 e. The van der Waals surface area contributed by atoms with Crippen molar-refractivity contribution >= 4 is 39.1 Å². The number of rotatable bonds is 5. The molecule has 146 valence electrons. The first-order valence-corrected chi connectivity index (χ1v) is 9.71. The van der Waals surface area contributed by atoms with E-state index in [0.29, 0.717) is 40.6 Å². The van der Waals surface area contributed by atoms with Crippen LogP contribution in [0.2, 0.25) is 0 Å². The lowest BCUT2D eigenvalue weighted by Gasteiger charge is -2.11. The molecule has 0 spiro atoms. The maximum absolute atomic E-state index is 12.1. The maximum Gasteiger partial charge on any atom is 0.338 e. The van der Waals surface area contributed by atoms with Gasteiger partial charge in [0.05, 0.1) is 18.4 Å². The van der Waals surface area contributed by atoms with Crippen LogP contribution in [0.4, 0.5) is 11.5 Å². The topological polar surface area (TPSA) is 88.8 Å². The van der Waals surface area contributed by atoms with Crippen LogP contribution in [0.5, 0.6) is 5.75 Å². The molecule has 4 aromatic rings. The summed E-state index contributed by atoms with van der Waals surface area (Å²) >= 11 is 3.44. The second-order valence-corrected chi connectivity index (χ2v) is 7.12. The van der Waals surface area contributed by atoms with Crippen molar-refractivity contribution in [2.24, 2.45) is 0 Å². The van der Waals surface area contributed by atoms with Gasteiger partial charge in [0.2, 0.25) is 0 Å². The van der Waals surface area contributed by atoms with Crippen LogP contribution in [0.25, 0.3) is 16.9 Å². The van der Waals surface area contributed by atoms with Gasteiger partial charge in [-0.1, -0.05) is 22.0 Å². The van der Waals surface area contributed by atoms with Gasteiger partial charge in [-0.05, 0) is 43.3 Å². The molecule has 0 atom stereocenters. The van der Waals surface area contributed by atoms with Crippen molar-refractivity contribution in [3.63, 3.8) is 0 Å². The number of nitrogens with one attached hydrogen (secondary N) is 1. The fourth-order valence-corrected chi connectivity index (χ4v) is 3.35. The van der Waals surface area contributed by atoms with Gasteiger partial charge in [0.15, 0.2) is 5.65 Å². The average molecular weight is 453 g/mol. The molecule has 0 bridgehead atoms. The van der Waals surface area contributed by atoms with E-state index in [1.165, 1.54) is 0 Å². The van der Waals surface area contributed by atoms with Crippen molar-refractivity contribution in [2.45, 2.75) is 6.92 Å². The first kappa shape index (κ1) is 18.9. The van der Waals surface area contributed by atoms with Crippen LogP contribution in [0.15, 0.2) is 65.5 Å². The van der Waals surface area contributed by atoms with E-state index in [9.17, 15) is 9.90 Å². The Morgan fingerprint density at radius 1 is 1.28 bits per heavy atom. The quantitative estimate of drug-likeness (QED) is 0.423. The van der Waals surface area contributed by atoms with Crippen molar-refractivity contribution < 1.29 is 14.6 Å². The molecule has 2 heterocycles. The summed E-state index contributed by atoms with van der Waals surface area (Å²) < 4.78 is 7.73. The third kappa shape index (κ3) is 3.79. The number of nitrogens with zero attached hydrogens (tertiary/aromatic N) is 3. The lowest BCUT2D eigenvalue weighted by Crippen LogP contribution is -2.05. The van der Waals surface area contributed by atoms with Crippen molar-refractivity contribution in [2.75, 3.05) is 11.9 Å². The molecule has 2 aromatic carbocycles. The smallest absolute Gasteiger partial charge is 0.338 e. The molecular formula is C21H17BrN4O3. The highest BCUT2D eigenvalue weighted by atomic mass is 79.9. The predicted octanol–water partition coefficient (Wildman–Crippen LogP) is 4.78. The standard InChI is InChI=1S/C21H17BrN4O3/c1-2-29-21(28)13-4-3-5-15(10-13)24-20-19(16-11-14(22)6-7-17(16)27)25-18-12-23-8-9-26(18)20/h3-12,24,27H,2H2,1H3. The van der Waals surface area contributed by atoms with Gasteiger partial charge in [-0.15, -0.1) is 0 Å². The number of fused-ring (bicyclic) bond motifs is 1. The highest BCUT2D eigenvalue weighted by Crippen LogP contribution is 2.37. The van der Waals surface area contributed by atoms with E-state index in [4.69, 9.17) is 4.74 Å². The SMILES string of the molecule is CCOC(=O)c1cccc(Nc2c(-c3cc(Br)ccc3O)nc3cnccn23)c1. The number of hydrogen-bond donors (Lipinski definition) is 2. The van der Waals surface area contributed by atoms with Gasteiger partial charge in [0.1, 0.15) is 17.3 Å². The fraction of sp³-hybridized carbons (Fsp3) is 0.0952. The first-order chi connectivity index (χ1) is 14.1. The molecule has 2 N–H and O–H groups in total. The van der Waals surface area contributed by atoms with Gasteiger partial charge in [-0.25, -0.2) is 9.78 Å². The van der Waals surface area contributed by atoms with Crippen LogP contribution in [0.1, 0.15) is 17.3 Å². The maximum atomic E-state index is 12.1. The Labute approximate surface area is 175 Å². The second-order valence-electron chi connectivity index (χ2n) is 6.20. The van der Waals surface area contributed by atoms with Gasteiger partial charge in [-0.3, -0.25) is 9.38 Å². The number of hydrogen-bond acceptors (Lipinski definition) is 6. The van der Waals surface area contributed by atoms with E-state index in [2.05, 4.69) is 31.2 Å². The minimum atomic E-state index is -0.386. The third-order valence-electron chi connectivity index (χ3n) is 4.28. The van der Waals surface area contributed by atoms with Crippen LogP contribution in [0, 0.1) is 0 Å². The number of halogens is 1. The molecule has 0 amide bonds. The molecule has 0 aliphatic heterocycles. The van der Waals surface area contributed by atoms with Crippen molar-refractivity contribution in [3.8, 4) is 17.0 Å². The van der Waals surface area contributed by atoms with E-state index >= 15 is 0 Å². The molecular weight excluding hydrogens is 436 g/mol. The lowest BCUT2D eigenvalue weighted by atomic mass is 10.1. The van der Waals surface area contributed by atoms with E-state index in [1.54, 1.807) is 61.9 Å². The summed E-state index contributed by atoms with van der Waals surface area (Å²) in [5.41, 5.74) is 2.86. The molecule has 0 fully saturated rings. The van der Waals surface area contributed by atoms with Crippen molar-refractivity contribution in [3.05, 3.63) is 71.1 Å². The van der Waals surface area contributed by atoms with Crippen LogP contribution in [-0.4, -0.2) is 32.1 Å². The van der Waals surface area contributed by atoms with Crippen LogP contribution in [0.3, 0.4) is 0 Å². The summed E-state index contributed by atoms with van der Waals surface area (Å²) in [5, 5.41) is 13.7. The van der Waals surface area contributed by atoms with Crippen LogP contribution in [-0.2, 0) is 4.74 Å². The molecule has 2 aromatic heterocycles. The fourth-order valence-electron chi connectivity index (χ4n) is 2.99. The molecule has 0 aliphatic rings. The molecule has 4 rings (SSSR count). The third-order valence-corrected chi connectivity index (χ3v) is 4.77. The Hall–Kier alpha value is -3.39. The molecule has 0 radical (unpaired) electrons. The van der Waals surface area contributed by atoms with Gasteiger partial charge < -0.3 is 15.2 Å². The number of carbonyl (C=O) groups is 1. The van der Waals surface area contributed by atoms with E-state index in [-0.39, 0.29) is 11.7 Å². The Morgan fingerprint density at radius 3 is 2.97 bits per heavy atom. The Balaban J connectivity index is 1.83. The number of anilines is 2. The van der Waals surface area contributed by atoms with E-state index in [0.717, 1.165) is 4.47 Å². The van der Waals surface area contributed by atoms with Crippen molar-refractivity contribution in [1.82, 2.24) is 14.4 Å². The number of phenolic OH excluding ortho intramolecular Hbond substituents is 1. The number of phenols is 1. The number of aromatic nitrogens is 3. The number of aromatic hydroxyl groups is 1. The van der Waals surface area contributed by atoms with Gasteiger partial charge in [-0.2, -0.15) is 0 Å². The average Bonchev–Trinajstić information content (AvgIpc) is 3.08. The van der Waals surface area contributed by atoms with Crippen LogP contribution >= 0.6 is 15.9 Å². The molecule has 0 unspecified atom stereocenters. The zero-order valence-corrected chi connectivity index (χ0v) is 17.0. The second kappa shape index (κ2) is 7.92. The van der Waals surface area contributed by atoms with Crippen molar-refractivity contribution in [1.29, 1.82) is 0 Å². The number of carbonyl (C=O) groups excluding carboxylic acids is 1. The molecule has 8 heteroatoms. The van der Waals surface area contributed by atoms with E-state index in [1.807, 2.05) is 10.5 Å². The molecule has 0 aliphatic carbocycles. The molecule has 0 saturated heterocycles. The van der Waals surface area contributed by atoms with Gasteiger partial charge in [0.25, 0.3) is 0 Å². The first-order valence-electron chi connectivity index (χ1n) is 8.92. The van der Waals surface area contributed by atoms with Crippen LogP contribution < -0.4 is 5.32 Å². The number of benzene rings is 2. The normalized spacial score (nSPS) is 10.8. The summed E-state index contributed by atoms with van der Waals surface area (Å²) in [6.07, 6.45) is 5.07. The van der Waals surface area contributed by atoms with Gasteiger partial charge in [0, 0.05) is 28.1 Å². The Bertz CT molecular complexity index is 1210. The highest BCUT2D eigenvalue weighted by molar-refractivity contribution is 9.10. The predicted molar refractivity (Wildman–Crippen MR) is 113 cm³/mol. The van der Waals surface area contributed by atoms with Gasteiger partial charge >= 0.3 is 5.97 Å². The monoisotopic (exact) mass is 452 g/mol. The summed E-state index contributed by atoms with van der Waals surface area (Å²) in [6, 6.07) is 12.2. The zero-order chi connectivity index (χ0) is 20.4. The Morgan fingerprint density at radius 2 is 2.14 bits per heavy atom. The molecule has 0 saturated carbocycles. The summed E-state index contributed by atoms with van der Waals surface area (Å²) in [4.78, 5) is 20.8. The summed E-state index contributed by atoms with van der Waals surface area (Å²) in [6.45, 7) is 2.08. The minimum absolute atomic E-state index is 0.105. The molecule has 29 heavy (non-hydrogen) atoms. The number of ether oxygens (including phenoxy) is 1. The lowest BCUT2D eigenvalue weighted by molar-refractivity contribution is 0.0526. The zero-order valence-electron chi connectivity index (χ0n) is 15.5. The summed E-state index contributed by atoms with van der Waals surface area (Å²) in [7, 11) is 0. The van der Waals surface area contributed by atoms with E-state index < -0.39 is 0 Å². The highest BCUT2D eigenvalue weighted by Gasteiger charge is 2.18. The number of imidazole rings is 1.